The number of urea groups is 1. The monoisotopic (exact) mass is 405 g/mol. The molecule has 0 saturated carbocycles. The molecule has 29 heavy (non-hydrogen) atoms. The number of carbonyl (C=O) groups is 2. The average Bonchev–Trinajstić information content (AvgIpc) is 2.67. The van der Waals surface area contributed by atoms with E-state index in [0.717, 1.165) is 0 Å². The molecule has 8 heteroatoms. The van der Waals surface area contributed by atoms with Gasteiger partial charge in [-0.05, 0) is 36.6 Å². The van der Waals surface area contributed by atoms with Crippen LogP contribution in [0.15, 0.2) is 30.4 Å². The van der Waals surface area contributed by atoms with Gasteiger partial charge in [0.1, 0.15) is 18.6 Å². The van der Waals surface area contributed by atoms with Crippen molar-refractivity contribution in [1.82, 2.24) is 15.1 Å². The Morgan fingerprint density at radius 2 is 2.10 bits per heavy atom. The molecule has 156 valence electrons. The van der Waals surface area contributed by atoms with Crippen LogP contribution in [0.3, 0.4) is 0 Å². The summed E-state index contributed by atoms with van der Waals surface area (Å²) < 4.78 is 33.4. The number of amides is 3. The summed E-state index contributed by atoms with van der Waals surface area (Å²) in [5, 5.41) is 2.89. The fraction of sp³-hybridized carbons (Fsp3) is 0.524. The van der Waals surface area contributed by atoms with E-state index in [1.807, 2.05) is 0 Å². The number of allylic oxidation sites excluding steroid dienone is 1. The van der Waals surface area contributed by atoms with E-state index in [2.05, 4.69) is 5.32 Å². The molecular weight excluding hydrogens is 380 g/mol. The van der Waals surface area contributed by atoms with Gasteiger partial charge in [-0.25, -0.2) is 13.6 Å². The highest BCUT2D eigenvalue weighted by Crippen LogP contribution is 2.26. The van der Waals surface area contributed by atoms with Gasteiger partial charge < -0.3 is 19.9 Å². The number of hydrogen-bond acceptors (Lipinski definition) is 3. The van der Waals surface area contributed by atoms with E-state index >= 15 is 0 Å². The van der Waals surface area contributed by atoms with E-state index in [1.165, 1.54) is 12.1 Å². The quantitative estimate of drug-likeness (QED) is 0.786. The van der Waals surface area contributed by atoms with Crippen molar-refractivity contribution in [2.24, 2.45) is 5.92 Å². The largest absolute Gasteiger partial charge is 0.366 e. The third-order valence-electron chi connectivity index (χ3n) is 5.84. The Morgan fingerprint density at radius 3 is 2.86 bits per heavy atom. The molecule has 3 saturated heterocycles. The first-order valence-electron chi connectivity index (χ1n) is 9.94. The third kappa shape index (κ3) is 4.27. The number of rotatable bonds is 3. The highest BCUT2D eigenvalue weighted by atomic mass is 19.1. The van der Waals surface area contributed by atoms with Crippen LogP contribution in [0.5, 0.6) is 0 Å². The predicted octanol–water partition coefficient (Wildman–Crippen LogP) is 2.34. The minimum absolute atomic E-state index is 0.0306. The Balaban J connectivity index is 1.26. The molecule has 3 amide bonds. The molecule has 1 unspecified atom stereocenters. The highest BCUT2D eigenvalue weighted by Gasteiger charge is 2.39. The number of halogens is 2. The minimum Gasteiger partial charge on any atom is -0.366 e. The lowest BCUT2D eigenvalue weighted by molar-refractivity contribution is -0.139. The van der Waals surface area contributed by atoms with Crippen LogP contribution in [0.4, 0.5) is 13.6 Å². The topological polar surface area (TPSA) is 61.9 Å². The normalized spacial score (nSPS) is 26.1. The van der Waals surface area contributed by atoms with Gasteiger partial charge in [0.25, 0.3) is 0 Å². The second-order valence-corrected chi connectivity index (χ2v) is 8.00. The molecule has 0 radical (unpaired) electrons. The van der Waals surface area contributed by atoms with Gasteiger partial charge in [-0.1, -0.05) is 18.2 Å². The zero-order valence-corrected chi connectivity index (χ0v) is 16.3. The highest BCUT2D eigenvalue weighted by molar-refractivity contribution is 5.79. The SMILES string of the molecule is Cc1ccc(C(F)/C=C/C2CN(C(=O)N3CC[C@@H]4OCC(=O)N[C@@H]4C3)C2)cc1F. The summed E-state index contributed by atoms with van der Waals surface area (Å²) in [4.78, 5) is 27.6. The average molecular weight is 405 g/mol. The van der Waals surface area contributed by atoms with Gasteiger partial charge >= 0.3 is 6.03 Å². The number of fused-ring (bicyclic) bond motifs is 1. The van der Waals surface area contributed by atoms with Gasteiger partial charge in [0, 0.05) is 32.1 Å². The number of nitrogens with one attached hydrogen (secondary N) is 1. The Kier molecular flexibility index (Phi) is 5.54. The lowest BCUT2D eigenvalue weighted by Gasteiger charge is -2.45. The Labute approximate surface area is 168 Å². The van der Waals surface area contributed by atoms with E-state index in [9.17, 15) is 18.4 Å². The van der Waals surface area contributed by atoms with Gasteiger partial charge in [0.2, 0.25) is 5.91 Å². The zero-order chi connectivity index (χ0) is 20.5. The van der Waals surface area contributed by atoms with Crippen molar-refractivity contribution in [2.45, 2.75) is 31.7 Å². The molecule has 1 aromatic rings. The van der Waals surface area contributed by atoms with Crippen LogP contribution in [0, 0.1) is 18.7 Å². The fourth-order valence-corrected chi connectivity index (χ4v) is 4.01. The van der Waals surface area contributed by atoms with Crippen LogP contribution in [0.1, 0.15) is 23.7 Å². The smallest absolute Gasteiger partial charge is 0.320 e. The lowest BCUT2D eigenvalue weighted by Crippen LogP contribution is -2.64. The zero-order valence-electron chi connectivity index (χ0n) is 16.3. The molecule has 3 aliphatic rings. The number of alkyl halides is 1. The van der Waals surface area contributed by atoms with E-state index in [1.54, 1.807) is 34.9 Å². The summed E-state index contributed by atoms with van der Waals surface area (Å²) in [6.45, 7) is 3.81. The molecule has 0 bridgehead atoms. The molecule has 0 aromatic heterocycles. The van der Waals surface area contributed by atoms with Crippen molar-refractivity contribution in [3.8, 4) is 0 Å². The number of morpholine rings is 1. The van der Waals surface area contributed by atoms with Crippen molar-refractivity contribution >= 4 is 11.9 Å². The predicted molar refractivity (Wildman–Crippen MR) is 102 cm³/mol. The summed E-state index contributed by atoms with van der Waals surface area (Å²) in [5.74, 6) is -0.478. The molecular formula is C21H25F2N3O3. The van der Waals surface area contributed by atoms with Gasteiger partial charge in [-0.3, -0.25) is 4.79 Å². The molecule has 0 spiro atoms. The van der Waals surface area contributed by atoms with Crippen molar-refractivity contribution in [3.05, 3.63) is 47.3 Å². The van der Waals surface area contributed by atoms with Gasteiger partial charge in [-0.15, -0.1) is 0 Å². The second-order valence-electron chi connectivity index (χ2n) is 8.00. The Hall–Kier alpha value is -2.48. The molecule has 0 aliphatic carbocycles. The van der Waals surface area contributed by atoms with E-state index < -0.39 is 12.0 Å². The fourth-order valence-electron chi connectivity index (χ4n) is 4.01. The Morgan fingerprint density at radius 1 is 1.31 bits per heavy atom. The van der Waals surface area contributed by atoms with Gasteiger partial charge in [0.15, 0.2) is 0 Å². The first kappa shape index (κ1) is 19.8. The minimum atomic E-state index is -1.37. The van der Waals surface area contributed by atoms with Crippen LogP contribution in [0.2, 0.25) is 0 Å². The van der Waals surface area contributed by atoms with Crippen molar-refractivity contribution in [3.63, 3.8) is 0 Å². The summed E-state index contributed by atoms with van der Waals surface area (Å²) >= 11 is 0. The van der Waals surface area contributed by atoms with Crippen molar-refractivity contribution in [1.29, 1.82) is 0 Å². The van der Waals surface area contributed by atoms with Crippen LogP contribution in [0.25, 0.3) is 0 Å². The van der Waals surface area contributed by atoms with Gasteiger partial charge in [-0.2, -0.15) is 0 Å². The van der Waals surface area contributed by atoms with E-state index in [4.69, 9.17) is 4.74 Å². The number of aryl methyl sites for hydroxylation is 1. The summed E-state index contributed by atoms with van der Waals surface area (Å²) in [6.07, 6.45) is 2.48. The molecule has 4 rings (SSSR count). The first-order valence-corrected chi connectivity index (χ1v) is 9.94. The molecule has 6 nitrogen and oxygen atoms in total. The van der Waals surface area contributed by atoms with Crippen LogP contribution >= 0.6 is 0 Å². The molecule has 3 aliphatic heterocycles. The van der Waals surface area contributed by atoms with Crippen LogP contribution in [-0.4, -0.2) is 66.7 Å². The maximum Gasteiger partial charge on any atom is 0.320 e. The number of benzene rings is 1. The van der Waals surface area contributed by atoms with Crippen LogP contribution in [-0.2, 0) is 9.53 Å². The maximum atomic E-state index is 14.3. The number of carbonyl (C=O) groups excluding carboxylic acids is 2. The first-order chi connectivity index (χ1) is 13.9. The maximum absolute atomic E-state index is 14.3. The number of piperidine rings is 1. The Bertz CT molecular complexity index is 825. The molecule has 3 fully saturated rings. The second kappa shape index (κ2) is 8.10. The number of ether oxygens (including phenoxy) is 1. The molecule has 3 atom stereocenters. The number of hydrogen-bond donors (Lipinski definition) is 1. The molecule has 3 heterocycles. The van der Waals surface area contributed by atoms with E-state index in [-0.39, 0.29) is 42.2 Å². The van der Waals surface area contributed by atoms with Crippen molar-refractivity contribution < 1.29 is 23.1 Å². The molecule has 1 aromatic carbocycles. The summed E-state index contributed by atoms with van der Waals surface area (Å²) in [7, 11) is 0. The van der Waals surface area contributed by atoms with E-state index in [0.29, 0.717) is 38.2 Å². The third-order valence-corrected chi connectivity index (χ3v) is 5.84. The standard InChI is InChI=1S/C21H25F2N3O3/c1-13-2-4-15(8-17(13)23)16(22)5-3-14-9-26(10-14)21(28)25-7-6-19-18(11-25)24-20(27)12-29-19/h2-5,8,14,16,18-19H,6-7,9-12H2,1H3,(H,24,27)/b5-3+/t16?,18-,19+/m1/s1. The summed E-state index contributed by atoms with van der Waals surface area (Å²) in [5.41, 5.74) is 0.776. The lowest BCUT2D eigenvalue weighted by atomic mass is 9.97. The van der Waals surface area contributed by atoms with Crippen LogP contribution < -0.4 is 5.32 Å². The molecule has 1 N–H and O–H groups in total. The number of likely N-dealkylation sites (tertiary alicyclic amines) is 2. The van der Waals surface area contributed by atoms with Crippen molar-refractivity contribution in [2.75, 3.05) is 32.8 Å². The van der Waals surface area contributed by atoms with Gasteiger partial charge in [0.05, 0.1) is 12.1 Å². The summed E-state index contributed by atoms with van der Waals surface area (Å²) in [6, 6.07) is 4.15. The number of nitrogens with zero attached hydrogens (tertiary/aromatic N) is 2.